The Labute approximate surface area is 98.2 Å². The Morgan fingerprint density at radius 2 is 2.00 bits per heavy atom. The van der Waals surface area contributed by atoms with Gasteiger partial charge in [0.05, 0.1) is 11.1 Å². The van der Waals surface area contributed by atoms with Gasteiger partial charge in [0.1, 0.15) is 0 Å². The first kappa shape index (κ1) is 11.5. The number of carboxylic acids is 1. The van der Waals surface area contributed by atoms with Crippen LogP contribution in [0.1, 0.15) is 34.8 Å². The topological polar surface area (TPSA) is 81.7 Å². The van der Waals surface area contributed by atoms with Gasteiger partial charge in [-0.3, -0.25) is 4.98 Å². The van der Waals surface area contributed by atoms with Gasteiger partial charge in [-0.15, -0.1) is 0 Å². The minimum Gasteiger partial charge on any atom is -0.478 e. The molecule has 88 valence electrons. The normalized spacial score (nSPS) is 14.4. The summed E-state index contributed by atoms with van der Waals surface area (Å²) in [6, 6.07) is 9.13. The van der Waals surface area contributed by atoms with E-state index in [-0.39, 0.29) is 5.48 Å². The Morgan fingerprint density at radius 1 is 1.29 bits per heavy atom. The van der Waals surface area contributed by atoms with Crippen LogP contribution in [0.3, 0.4) is 0 Å². The molecular weight excluding hydrogens is 218 g/mol. The van der Waals surface area contributed by atoms with E-state index < -0.39 is 5.97 Å². The van der Waals surface area contributed by atoms with Crippen molar-refractivity contribution in [3.8, 4) is 0 Å². The predicted octanol–water partition coefficient (Wildman–Crippen LogP) is 1.99. The van der Waals surface area contributed by atoms with Crippen molar-refractivity contribution in [1.29, 1.82) is 0 Å². The minimum absolute atomic E-state index is 0. The zero-order valence-electron chi connectivity index (χ0n) is 9.18. The highest BCUT2D eigenvalue weighted by atomic mass is 16.4. The fraction of sp³-hybridized carbons (Fsp3) is 0.231. The van der Waals surface area contributed by atoms with Gasteiger partial charge in [0.15, 0.2) is 0 Å². The molecule has 0 spiro atoms. The van der Waals surface area contributed by atoms with E-state index >= 15 is 0 Å². The molecule has 0 atom stereocenters. The lowest BCUT2D eigenvalue weighted by Gasteiger charge is -2.05. The number of aromatic nitrogens is 1. The molecule has 1 fully saturated rings. The molecule has 0 amide bonds. The lowest BCUT2D eigenvalue weighted by Crippen LogP contribution is -2.01. The molecule has 1 aliphatic carbocycles. The molecule has 1 saturated carbocycles. The number of aromatic carboxylic acids is 1. The second-order valence-electron chi connectivity index (χ2n) is 4.19. The average Bonchev–Trinajstić information content (AvgIpc) is 3.11. The number of fused-ring (bicyclic) bond motifs is 1. The SMILES string of the molecule is O.O=C(O)c1cc(C2CC2)nc2ccccc12. The largest absolute Gasteiger partial charge is 0.478 e. The van der Waals surface area contributed by atoms with Gasteiger partial charge in [-0.1, -0.05) is 18.2 Å². The monoisotopic (exact) mass is 231 g/mol. The number of hydrogen-bond acceptors (Lipinski definition) is 2. The van der Waals surface area contributed by atoms with Crippen molar-refractivity contribution in [2.24, 2.45) is 0 Å². The molecule has 0 radical (unpaired) electrons. The number of carbonyl (C=O) groups is 1. The molecule has 17 heavy (non-hydrogen) atoms. The van der Waals surface area contributed by atoms with E-state index in [2.05, 4.69) is 4.98 Å². The van der Waals surface area contributed by atoms with E-state index in [9.17, 15) is 9.90 Å². The maximum absolute atomic E-state index is 11.2. The molecule has 4 nitrogen and oxygen atoms in total. The Morgan fingerprint density at radius 3 is 2.65 bits per heavy atom. The summed E-state index contributed by atoms with van der Waals surface area (Å²) >= 11 is 0. The molecule has 3 rings (SSSR count). The Kier molecular flexibility index (Phi) is 2.81. The van der Waals surface area contributed by atoms with Gasteiger partial charge in [-0.25, -0.2) is 4.79 Å². The maximum Gasteiger partial charge on any atom is 0.336 e. The molecule has 4 heteroatoms. The smallest absolute Gasteiger partial charge is 0.336 e. The standard InChI is InChI=1S/C13H11NO2.H2O/c15-13(16)10-7-12(8-5-6-8)14-11-4-2-1-3-9(10)11;/h1-4,7-8H,5-6H2,(H,15,16);1H2. The van der Waals surface area contributed by atoms with Crippen LogP contribution in [0.15, 0.2) is 30.3 Å². The van der Waals surface area contributed by atoms with Crippen LogP contribution < -0.4 is 0 Å². The third-order valence-corrected chi connectivity index (χ3v) is 2.96. The van der Waals surface area contributed by atoms with Gasteiger partial charge in [-0.05, 0) is 25.0 Å². The molecule has 1 aromatic carbocycles. The van der Waals surface area contributed by atoms with Crippen molar-refractivity contribution in [3.63, 3.8) is 0 Å². The van der Waals surface area contributed by atoms with E-state index in [0.717, 1.165) is 29.4 Å². The second kappa shape index (κ2) is 4.14. The van der Waals surface area contributed by atoms with Crippen LogP contribution in [-0.2, 0) is 0 Å². The minimum atomic E-state index is -0.875. The number of pyridine rings is 1. The summed E-state index contributed by atoms with van der Waals surface area (Å²) in [4.78, 5) is 15.7. The van der Waals surface area contributed by atoms with Crippen molar-refractivity contribution >= 4 is 16.9 Å². The number of hydrogen-bond donors (Lipinski definition) is 1. The summed E-state index contributed by atoms with van der Waals surface area (Å²) in [6.45, 7) is 0. The summed E-state index contributed by atoms with van der Waals surface area (Å²) in [5.74, 6) is -0.400. The van der Waals surface area contributed by atoms with Crippen LogP contribution in [0.5, 0.6) is 0 Å². The van der Waals surface area contributed by atoms with Gasteiger partial charge in [0.2, 0.25) is 0 Å². The molecule has 0 bridgehead atoms. The van der Waals surface area contributed by atoms with Gasteiger partial charge in [0, 0.05) is 17.0 Å². The molecular formula is C13H13NO3. The van der Waals surface area contributed by atoms with E-state index in [0.29, 0.717) is 11.5 Å². The highest BCUT2D eigenvalue weighted by molar-refractivity contribution is 6.02. The first-order chi connectivity index (χ1) is 7.75. The van der Waals surface area contributed by atoms with E-state index in [4.69, 9.17) is 0 Å². The van der Waals surface area contributed by atoms with E-state index in [1.807, 2.05) is 24.3 Å². The highest BCUT2D eigenvalue weighted by Gasteiger charge is 2.26. The summed E-state index contributed by atoms with van der Waals surface area (Å²) < 4.78 is 0. The highest BCUT2D eigenvalue weighted by Crippen LogP contribution is 2.40. The van der Waals surface area contributed by atoms with Crippen molar-refractivity contribution in [2.75, 3.05) is 0 Å². The molecule has 1 aromatic heterocycles. The van der Waals surface area contributed by atoms with Crippen molar-refractivity contribution < 1.29 is 15.4 Å². The summed E-state index contributed by atoms with van der Waals surface area (Å²) in [6.07, 6.45) is 2.26. The molecule has 1 aliphatic rings. The van der Waals surface area contributed by atoms with Crippen LogP contribution in [0, 0.1) is 0 Å². The molecule has 0 aliphatic heterocycles. The van der Waals surface area contributed by atoms with E-state index in [1.165, 1.54) is 0 Å². The number of rotatable bonds is 2. The molecule has 0 saturated heterocycles. The fourth-order valence-electron chi connectivity index (χ4n) is 1.96. The number of para-hydroxylation sites is 1. The van der Waals surface area contributed by atoms with Gasteiger partial charge >= 0.3 is 5.97 Å². The number of benzene rings is 1. The first-order valence-electron chi connectivity index (χ1n) is 5.38. The summed E-state index contributed by atoms with van der Waals surface area (Å²) in [7, 11) is 0. The predicted molar refractivity (Wildman–Crippen MR) is 64.3 cm³/mol. The summed E-state index contributed by atoms with van der Waals surface area (Å²) in [5, 5.41) is 9.90. The maximum atomic E-state index is 11.2. The molecule has 3 N–H and O–H groups in total. The van der Waals surface area contributed by atoms with Gasteiger partial charge in [0.25, 0.3) is 0 Å². The Bertz CT molecular complexity index is 576. The first-order valence-corrected chi connectivity index (χ1v) is 5.38. The fourth-order valence-corrected chi connectivity index (χ4v) is 1.96. The zero-order chi connectivity index (χ0) is 11.1. The number of carboxylic acid groups (broad SMARTS) is 1. The molecule has 2 aromatic rings. The van der Waals surface area contributed by atoms with Gasteiger partial charge in [-0.2, -0.15) is 0 Å². The van der Waals surface area contributed by atoms with Crippen molar-refractivity contribution in [2.45, 2.75) is 18.8 Å². The van der Waals surface area contributed by atoms with Crippen LogP contribution in [0.2, 0.25) is 0 Å². The lowest BCUT2D eigenvalue weighted by molar-refractivity contribution is 0.0699. The third-order valence-electron chi connectivity index (χ3n) is 2.96. The quantitative estimate of drug-likeness (QED) is 0.857. The zero-order valence-corrected chi connectivity index (χ0v) is 9.18. The Balaban J connectivity index is 0.00000108. The molecule has 1 heterocycles. The van der Waals surface area contributed by atoms with Crippen LogP contribution >= 0.6 is 0 Å². The number of nitrogens with zero attached hydrogens (tertiary/aromatic N) is 1. The van der Waals surface area contributed by atoms with Crippen LogP contribution in [0.25, 0.3) is 10.9 Å². The van der Waals surface area contributed by atoms with E-state index in [1.54, 1.807) is 6.07 Å². The third kappa shape index (κ3) is 1.99. The van der Waals surface area contributed by atoms with Gasteiger partial charge < -0.3 is 10.6 Å². The Hall–Kier alpha value is -1.94. The van der Waals surface area contributed by atoms with Crippen molar-refractivity contribution in [3.05, 3.63) is 41.6 Å². The average molecular weight is 231 g/mol. The molecule has 0 unspecified atom stereocenters. The second-order valence-corrected chi connectivity index (χ2v) is 4.19. The lowest BCUT2D eigenvalue weighted by atomic mass is 10.1. The summed E-state index contributed by atoms with van der Waals surface area (Å²) in [5.41, 5.74) is 2.08. The van der Waals surface area contributed by atoms with Crippen molar-refractivity contribution in [1.82, 2.24) is 4.98 Å². The van der Waals surface area contributed by atoms with Crippen LogP contribution in [0.4, 0.5) is 0 Å². The van der Waals surface area contributed by atoms with Crippen LogP contribution in [-0.4, -0.2) is 21.5 Å².